The Balaban J connectivity index is 1.39. The fraction of sp³-hybridized carbons (Fsp3) is 0.621. The van der Waals surface area contributed by atoms with Gasteiger partial charge in [0.15, 0.2) is 0 Å². The number of carbonyl (C=O) groups excluding carboxylic acids is 3. The van der Waals surface area contributed by atoms with Crippen LogP contribution in [0.15, 0.2) is 42.0 Å². The first-order valence-electron chi connectivity index (χ1n) is 12.8. The first kappa shape index (κ1) is 26.2. The van der Waals surface area contributed by atoms with E-state index < -0.39 is 0 Å². The van der Waals surface area contributed by atoms with E-state index in [0.29, 0.717) is 31.5 Å². The largest absolute Gasteiger partial charge is 0.461 e. The summed E-state index contributed by atoms with van der Waals surface area (Å²) in [5.74, 6) is 0.0729. The topological polar surface area (TPSA) is 69.7 Å². The molecule has 186 valence electrons. The van der Waals surface area contributed by atoms with Crippen LogP contribution in [0.25, 0.3) is 0 Å². The van der Waals surface area contributed by atoms with Crippen molar-refractivity contribution in [3.05, 3.63) is 47.5 Å². The molecule has 2 aliphatic rings. The summed E-state index contributed by atoms with van der Waals surface area (Å²) in [6.07, 6.45) is 9.55. The Kier molecular flexibility index (Phi) is 8.72. The minimum absolute atomic E-state index is 0.0410. The van der Waals surface area contributed by atoms with Gasteiger partial charge in [0.25, 0.3) is 0 Å². The molecular formula is C29H40O5. The van der Waals surface area contributed by atoms with Gasteiger partial charge in [-0.1, -0.05) is 68.7 Å². The molecule has 0 amide bonds. The molecule has 2 heterocycles. The molecule has 0 aromatic heterocycles. The Morgan fingerprint density at radius 2 is 1.44 bits per heavy atom. The van der Waals surface area contributed by atoms with Crippen molar-refractivity contribution in [2.24, 2.45) is 5.41 Å². The minimum atomic E-state index is -0.210. The lowest BCUT2D eigenvalue weighted by molar-refractivity contribution is -0.180. The zero-order valence-electron chi connectivity index (χ0n) is 21.2. The third-order valence-corrected chi connectivity index (χ3v) is 8.24. The quantitative estimate of drug-likeness (QED) is 0.184. The number of esters is 2. The van der Waals surface area contributed by atoms with Crippen molar-refractivity contribution < 1.29 is 23.9 Å². The second-order valence-electron chi connectivity index (χ2n) is 10.5. The summed E-state index contributed by atoms with van der Waals surface area (Å²) < 4.78 is 10.8. The number of ketones is 1. The third kappa shape index (κ3) is 5.97. The molecule has 1 aromatic carbocycles. The van der Waals surface area contributed by atoms with Gasteiger partial charge >= 0.3 is 11.9 Å². The zero-order valence-corrected chi connectivity index (χ0v) is 21.2. The van der Waals surface area contributed by atoms with Crippen molar-refractivity contribution in [2.75, 3.05) is 0 Å². The number of rotatable bonds is 14. The van der Waals surface area contributed by atoms with E-state index in [1.54, 1.807) is 0 Å². The normalized spacial score (nSPS) is 23.6. The Bertz CT molecular complexity index is 888. The van der Waals surface area contributed by atoms with E-state index in [1.165, 1.54) is 11.1 Å². The van der Waals surface area contributed by atoms with Gasteiger partial charge < -0.3 is 9.47 Å². The van der Waals surface area contributed by atoms with Crippen molar-refractivity contribution in [3.63, 3.8) is 0 Å². The first-order chi connectivity index (χ1) is 16.2. The van der Waals surface area contributed by atoms with Crippen molar-refractivity contribution in [1.29, 1.82) is 0 Å². The van der Waals surface area contributed by atoms with E-state index in [9.17, 15) is 14.4 Å². The average Bonchev–Trinajstić information content (AvgIpc) is 2.80. The van der Waals surface area contributed by atoms with Gasteiger partial charge in [0.05, 0.1) is 12.8 Å². The molecule has 5 nitrogen and oxygen atoms in total. The van der Waals surface area contributed by atoms with Crippen molar-refractivity contribution >= 4 is 17.7 Å². The maximum absolute atomic E-state index is 12.5. The fourth-order valence-corrected chi connectivity index (χ4v) is 5.32. The SMILES string of the molecule is C/C=C(\C)C(C)(CCCCC(=O)CCCCC(C)(c1ccccc1)C1CC(=O)O1)C1CC(=O)O1. The number of Topliss-reactive ketones (excluding diaryl/α,β-unsaturated/α-hetero) is 1. The molecule has 5 heteroatoms. The zero-order chi connectivity index (χ0) is 24.8. The molecule has 2 aliphatic heterocycles. The van der Waals surface area contributed by atoms with Crippen LogP contribution in [-0.4, -0.2) is 29.9 Å². The monoisotopic (exact) mass is 468 g/mol. The molecule has 0 spiro atoms. The number of hydrogen-bond donors (Lipinski definition) is 0. The van der Waals surface area contributed by atoms with Crippen molar-refractivity contribution in [2.45, 2.75) is 110 Å². The molecule has 0 aliphatic carbocycles. The standard InChI is InChI=1S/C29H40O5/c1-5-21(2)28(3,24-19-26(31)33-24)17-11-9-15-23(30)16-10-12-18-29(4,25-20-27(32)34-25)22-13-7-6-8-14-22/h5-8,13-14,24-25H,9-12,15-20H2,1-4H3/b21-5+. The highest BCUT2D eigenvalue weighted by Crippen LogP contribution is 2.43. The summed E-state index contributed by atoms with van der Waals surface area (Å²) in [7, 11) is 0. The van der Waals surface area contributed by atoms with Crippen LogP contribution < -0.4 is 0 Å². The Hall–Kier alpha value is -2.43. The molecule has 0 bridgehead atoms. The summed E-state index contributed by atoms with van der Waals surface area (Å²) in [6.45, 7) is 8.47. The Labute approximate surface area is 204 Å². The van der Waals surface area contributed by atoms with Gasteiger partial charge in [-0.3, -0.25) is 14.4 Å². The Morgan fingerprint density at radius 3 is 1.97 bits per heavy atom. The fourth-order valence-electron chi connectivity index (χ4n) is 5.32. The summed E-state index contributed by atoms with van der Waals surface area (Å²) in [4.78, 5) is 35.2. The van der Waals surface area contributed by atoms with Gasteiger partial charge in [-0.05, 0) is 45.1 Å². The second kappa shape index (κ2) is 11.3. The highest BCUT2D eigenvalue weighted by atomic mass is 16.6. The minimum Gasteiger partial charge on any atom is -0.461 e. The first-order valence-corrected chi connectivity index (χ1v) is 12.8. The van der Waals surface area contributed by atoms with E-state index >= 15 is 0 Å². The molecule has 2 fully saturated rings. The lowest BCUT2D eigenvalue weighted by Crippen LogP contribution is -2.48. The van der Waals surface area contributed by atoms with Crippen LogP contribution in [0.1, 0.15) is 97.5 Å². The molecular weight excluding hydrogens is 428 g/mol. The molecule has 4 unspecified atom stereocenters. The molecule has 2 saturated heterocycles. The molecule has 0 saturated carbocycles. The third-order valence-electron chi connectivity index (χ3n) is 8.24. The lowest BCUT2D eigenvalue weighted by Gasteiger charge is -2.42. The van der Waals surface area contributed by atoms with Gasteiger partial charge in [0, 0.05) is 23.7 Å². The van der Waals surface area contributed by atoms with Crippen LogP contribution in [-0.2, 0) is 29.3 Å². The highest BCUT2D eigenvalue weighted by molar-refractivity contribution is 5.78. The number of benzene rings is 1. The molecule has 1 aromatic rings. The summed E-state index contributed by atoms with van der Waals surface area (Å²) in [5, 5.41) is 0. The molecule has 0 N–H and O–H groups in total. The van der Waals surface area contributed by atoms with Crippen LogP contribution in [0.3, 0.4) is 0 Å². The summed E-state index contributed by atoms with van der Waals surface area (Å²) in [6, 6.07) is 10.2. The van der Waals surface area contributed by atoms with Gasteiger partial charge in [0.1, 0.15) is 18.0 Å². The molecule has 3 rings (SSSR count). The van der Waals surface area contributed by atoms with E-state index in [0.717, 1.165) is 38.5 Å². The second-order valence-corrected chi connectivity index (χ2v) is 10.5. The lowest BCUT2D eigenvalue weighted by atomic mass is 9.71. The summed E-state index contributed by atoms with van der Waals surface area (Å²) in [5.41, 5.74) is 2.09. The smallest absolute Gasteiger partial charge is 0.309 e. The number of allylic oxidation sites excluding steroid dienone is 1. The van der Waals surface area contributed by atoms with Crippen molar-refractivity contribution in [3.8, 4) is 0 Å². The van der Waals surface area contributed by atoms with Crippen LogP contribution in [0.5, 0.6) is 0 Å². The number of cyclic esters (lactones) is 2. The van der Waals surface area contributed by atoms with Gasteiger partial charge in [-0.25, -0.2) is 0 Å². The van der Waals surface area contributed by atoms with Crippen LogP contribution in [0, 0.1) is 5.41 Å². The average molecular weight is 469 g/mol. The molecule has 34 heavy (non-hydrogen) atoms. The maximum Gasteiger partial charge on any atom is 0.309 e. The van der Waals surface area contributed by atoms with Gasteiger partial charge in [-0.15, -0.1) is 0 Å². The highest BCUT2D eigenvalue weighted by Gasteiger charge is 2.46. The van der Waals surface area contributed by atoms with Gasteiger partial charge in [0.2, 0.25) is 0 Å². The predicted molar refractivity (Wildman–Crippen MR) is 132 cm³/mol. The van der Waals surface area contributed by atoms with Crippen LogP contribution >= 0.6 is 0 Å². The Morgan fingerprint density at radius 1 is 0.912 bits per heavy atom. The molecule has 0 radical (unpaired) electrons. The number of unbranched alkanes of at least 4 members (excludes halogenated alkanes) is 2. The number of ether oxygens (including phenoxy) is 2. The van der Waals surface area contributed by atoms with Crippen LogP contribution in [0.4, 0.5) is 0 Å². The van der Waals surface area contributed by atoms with E-state index in [4.69, 9.17) is 9.47 Å². The van der Waals surface area contributed by atoms with E-state index in [2.05, 4.69) is 39.0 Å². The van der Waals surface area contributed by atoms with E-state index in [-0.39, 0.29) is 35.0 Å². The van der Waals surface area contributed by atoms with Crippen LogP contribution in [0.2, 0.25) is 0 Å². The van der Waals surface area contributed by atoms with E-state index in [1.807, 2.05) is 25.1 Å². The maximum atomic E-state index is 12.5. The number of carbonyl (C=O) groups is 3. The van der Waals surface area contributed by atoms with Gasteiger partial charge in [-0.2, -0.15) is 0 Å². The molecule has 4 atom stereocenters. The predicted octanol–water partition coefficient (Wildman–Crippen LogP) is 6.24. The number of hydrogen-bond acceptors (Lipinski definition) is 5. The summed E-state index contributed by atoms with van der Waals surface area (Å²) >= 11 is 0. The van der Waals surface area contributed by atoms with Crippen molar-refractivity contribution in [1.82, 2.24) is 0 Å².